The van der Waals surface area contributed by atoms with Gasteiger partial charge in [0, 0.05) is 13.2 Å². The Hall–Kier alpha value is -2.75. The van der Waals surface area contributed by atoms with Gasteiger partial charge in [0.25, 0.3) is 11.7 Å². The molecule has 1 aliphatic rings. The molecule has 1 aromatic heterocycles. The molecule has 0 N–H and O–H groups in total. The zero-order valence-electron chi connectivity index (χ0n) is 11.7. The Balaban J connectivity index is 2.17. The molecule has 0 radical (unpaired) electrons. The summed E-state index contributed by atoms with van der Waals surface area (Å²) in [4.78, 5) is 38.4. The lowest BCUT2D eigenvalue weighted by Crippen LogP contribution is -2.43. The predicted octanol–water partition coefficient (Wildman–Crippen LogP) is -0.0952. The van der Waals surface area contributed by atoms with Gasteiger partial charge in [0.15, 0.2) is 12.4 Å². The number of nitro groups is 1. The largest absolute Gasteiger partial charge is 0.477 e. The molecule has 2 heterocycles. The van der Waals surface area contributed by atoms with Crippen LogP contribution in [0.3, 0.4) is 0 Å². The molecule has 0 saturated carbocycles. The molecule has 22 heavy (non-hydrogen) atoms. The Morgan fingerprint density at radius 1 is 1.50 bits per heavy atom. The van der Waals surface area contributed by atoms with Crippen molar-refractivity contribution >= 4 is 23.5 Å². The van der Waals surface area contributed by atoms with Gasteiger partial charge >= 0.3 is 11.8 Å². The van der Waals surface area contributed by atoms with Crippen molar-refractivity contribution in [2.24, 2.45) is 0 Å². The second kappa shape index (κ2) is 6.80. The van der Waals surface area contributed by atoms with Crippen molar-refractivity contribution < 1.29 is 28.7 Å². The summed E-state index contributed by atoms with van der Waals surface area (Å²) in [5, 5.41) is 10.8. The Morgan fingerprint density at radius 2 is 2.27 bits per heavy atom. The normalized spacial score (nSPS) is 13.3. The van der Waals surface area contributed by atoms with E-state index >= 15 is 0 Å². The lowest BCUT2D eigenvalue weighted by Gasteiger charge is -2.24. The van der Waals surface area contributed by atoms with Crippen LogP contribution in [0.4, 0.5) is 11.6 Å². The predicted molar refractivity (Wildman–Crippen MR) is 71.6 cm³/mol. The zero-order valence-corrected chi connectivity index (χ0v) is 11.7. The van der Waals surface area contributed by atoms with Gasteiger partial charge in [-0.25, -0.2) is 0 Å². The number of aromatic nitrogens is 1. The van der Waals surface area contributed by atoms with Crippen LogP contribution in [0.5, 0.6) is 5.75 Å². The summed E-state index contributed by atoms with van der Waals surface area (Å²) in [6.45, 7) is -0.420. The van der Waals surface area contributed by atoms with Crippen molar-refractivity contribution in [1.29, 1.82) is 0 Å². The number of rotatable bonds is 6. The van der Waals surface area contributed by atoms with Crippen LogP contribution in [0, 0.1) is 10.1 Å². The highest BCUT2D eigenvalue weighted by Gasteiger charge is 2.33. The fourth-order valence-electron chi connectivity index (χ4n) is 1.75. The van der Waals surface area contributed by atoms with Crippen molar-refractivity contribution in [2.75, 3.05) is 38.4 Å². The summed E-state index contributed by atoms with van der Waals surface area (Å²) in [6, 6.07) is 2.49. The number of ether oxygens (including phenoxy) is 3. The molecule has 0 bridgehead atoms. The van der Waals surface area contributed by atoms with Crippen LogP contribution in [-0.4, -0.2) is 55.3 Å². The maximum absolute atomic E-state index is 11.9. The second-order valence-corrected chi connectivity index (χ2v) is 4.23. The topological polar surface area (TPSA) is 121 Å². The van der Waals surface area contributed by atoms with E-state index in [1.807, 2.05) is 0 Å². The van der Waals surface area contributed by atoms with E-state index in [2.05, 4.69) is 4.98 Å². The summed E-state index contributed by atoms with van der Waals surface area (Å²) in [6.07, 6.45) is 0. The van der Waals surface area contributed by atoms with Crippen LogP contribution in [0.1, 0.15) is 0 Å². The van der Waals surface area contributed by atoms with Crippen molar-refractivity contribution in [3.8, 4) is 5.75 Å². The van der Waals surface area contributed by atoms with Gasteiger partial charge in [-0.15, -0.1) is 0 Å². The first-order valence-corrected chi connectivity index (χ1v) is 6.26. The summed E-state index contributed by atoms with van der Waals surface area (Å²) >= 11 is 0. The number of anilines is 1. The molecule has 2 rings (SSSR count). The third-order valence-corrected chi connectivity index (χ3v) is 2.76. The molecular formula is C12H13N3O7. The summed E-state index contributed by atoms with van der Waals surface area (Å²) < 4.78 is 14.7. The Bertz CT molecular complexity index is 604. The highest BCUT2D eigenvalue weighted by Crippen LogP contribution is 2.31. The van der Waals surface area contributed by atoms with Gasteiger partial charge in [0.05, 0.1) is 6.61 Å². The molecule has 0 fully saturated rings. The quantitative estimate of drug-likeness (QED) is 0.309. The van der Waals surface area contributed by atoms with Gasteiger partial charge in [0.1, 0.15) is 13.2 Å². The van der Waals surface area contributed by atoms with E-state index in [1.54, 1.807) is 0 Å². The first kappa shape index (κ1) is 15.6. The number of hydrogen-bond donors (Lipinski definition) is 0. The zero-order chi connectivity index (χ0) is 16.1. The smallest absolute Gasteiger partial charge is 0.366 e. The van der Waals surface area contributed by atoms with Crippen LogP contribution in [0.2, 0.25) is 0 Å². The first-order chi connectivity index (χ1) is 10.5. The molecule has 118 valence electrons. The van der Waals surface area contributed by atoms with E-state index in [9.17, 15) is 19.7 Å². The fraction of sp³-hybridized carbons (Fsp3) is 0.417. The lowest BCUT2D eigenvalue weighted by atomic mass is 10.3. The molecule has 0 atom stereocenters. The highest BCUT2D eigenvalue weighted by molar-refractivity contribution is 6.00. The maximum atomic E-state index is 11.9. The Labute approximate surface area is 124 Å². The van der Waals surface area contributed by atoms with Crippen molar-refractivity contribution in [1.82, 2.24) is 4.98 Å². The standard InChI is InChI=1S/C12H13N3O7/c1-20-4-5-21-11(17)6-14-10(16)7-22-8-2-3-9(15(18)19)13-12(8)14/h2-3H,4-7H2,1H3. The van der Waals surface area contributed by atoms with Crippen molar-refractivity contribution in [3.05, 3.63) is 22.2 Å². The molecule has 10 nitrogen and oxygen atoms in total. The van der Waals surface area contributed by atoms with Crippen molar-refractivity contribution in [2.45, 2.75) is 0 Å². The molecule has 0 aromatic carbocycles. The number of carbonyl (C=O) groups is 2. The molecule has 0 aliphatic carbocycles. The minimum absolute atomic E-state index is 0.0447. The number of esters is 1. The van der Waals surface area contributed by atoms with E-state index in [-0.39, 0.29) is 31.4 Å². The minimum atomic E-state index is -0.700. The summed E-state index contributed by atoms with van der Waals surface area (Å²) in [7, 11) is 1.46. The summed E-state index contributed by atoms with van der Waals surface area (Å²) in [5.41, 5.74) is 0. The first-order valence-electron chi connectivity index (χ1n) is 6.26. The SMILES string of the molecule is COCCOC(=O)CN1C(=O)COc2ccc([N+](=O)[O-])nc21. The van der Waals surface area contributed by atoms with Gasteiger partial charge in [-0.05, 0) is 16.0 Å². The molecule has 0 unspecified atom stereocenters. The van der Waals surface area contributed by atoms with Gasteiger partial charge in [-0.1, -0.05) is 0 Å². The average molecular weight is 311 g/mol. The molecule has 0 spiro atoms. The number of carbonyl (C=O) groups excluding carboxylic acids is 2. The van der Waals surface area contributed by atoms with Gasteiger partial charge in [-0.2, -0.15) is 0 Å². The number of methoxy groups -OCH3 is 1. The number of amides is 1. The number of nitrogens with zero attached hydrogens (tertiary/aromatic N) is 3. The molecule has 0 saturated heterocycles. The van der Waals surface area contributed by atoms with Crippen LogP contribution in [0.15, 0.2) is 12.1 Å². The summed E-state index contributed by atoms with van der Waals surface area (Å²) in [5.74, 6) is -1.55. The molecular weight excluding hydrogens is 298 g/mol. The van der Waals surface area contributed by atoms with E-state index < -0.39 is 29.2 Å². The third kappa shape index (κ3) is 3.47. The van der Waals surface area contributed by atoms with Crippen LogP contribution >= 0.6 is 0 Å². The second-order valence-electron chi connectivity index (χ2n) is 4.23. The van der Waals surface area contributed by atoms with E-state index in [1.165, 1.54) is 13.2 Å². The van der Waals surface area contributed by atoms with Gasteiger partial charge in [-0.3, -0.25) is 14.5 Å². The maximum Gasteiger partial charge on any atom is 0.366 e. The Kier molecular flexibility index (Phi) is 4.84. The third-order valence-electron chi connectivity index (χ3n) is 2.76. The number of hydrogen-bond acceptors (Lipinski definition) is 8. The monoisotopic (exact) mass is 311 g/mol. The number of pyridine rings is 1. The molecule has 1 amide bonds. The minimum Gasteiger partial charge on any atom is -0.477 e. The van der Waals surface area contributed by atoms with Gasteiger partial charge < -0.3 is 24.3 Å². The molecule has 1 aliphatic heterocycles. The Morgan fingerprint density at radius 3 is 2.95 bits per heavy atom. The fourth-order valence-corrected chi connectivity index (χ4v) is 1.75. The number of fused-ring (bicyclic) bond motifs is 1. The average Bonchev–Trinajstić information content (AvgIpc) is 2.50. The molecule has 1 aromatic rings. The van der Waals surface area contributed by atoms with Gasteiger partial charge in [0.2, 0.25) is 0 Å². The van der Waals surface area contributed by atoms with E-state index in [4.69, 9.17) is 14.2 Å². The molecule has 10 heteroatoms. The van der Waals surface area contributed by atoms with Crippen molar-refractivity contribution in [3.63, 3.8) is 0 Å². The highest BCUT2D eigenvalue weighted by atomic mass is 16.6. The lowest BCUT2D eigenvalue weighted by molar-refractivity contribution is -0.389. The van der Waals surface area contributed by atoms with Crippen LogP contribution in [0.25, 0.3) is 0 Å². The van der Waals surface area contributed by atoms with Crippen LogP contribution < -0.4 is 9.64 Å². The van der Waals surface area contributed by atoms with Crippen LogP contribution in [-0.2, 0) is 19.1 Å². The van der Waals surface area contributed by atoms with E-state index in [0.717, 1.165) is 11.0 Å². The van der Waals surface area contributed by atoms with E-state index in [0.29, 0.717) is 0 Å².